The molecule has 2 rings (SSSR count). The highest BCUT2D eigenvalue weighted by molar-refractivity contribution is 7.89. The smallest absolute Gasteiger partial charge is 0.242 e. The number of nitrogens with one attached hydrogen (secondary N) is 1. The van der Waals surface area contributed by atoms with Crippen LogP contribution < -0.4 is 10.5 Å². The molecule has 3 N–H and O–H groups in total. The van der Waals surface area contributed by atoms with Crippen molar-refractivity contribution < 1.29 is 13.2 Å². The van der Waals surface area contributed by atoms with Gasteiger partial charge in [0.15, 0.2) is 0 Å². The maximum absolute atomic E-state index is 12.5. The number of benzene rings is 1. The summed E-state index contributed by atoms with van der Waals surface area (Å²) in [5.41, 5.74) is 6.00. The van der Waals surface area contributed by atoms with Crippen LogP contribution in [0.5, 0.6) is 0 Å². The van der Waals surface area contributed by atoms with Gasteiger partial charge in [0, 0.05) is 18.2 Å². The average molecular weight is 349 g/mol. The third-order valence-corrected chi connectivity index (χ3v) is 5.55. The van der Waals surface area contributed by atoms with Crippen molar-refractivity contribution in [2.45, 2.75) is 36.8 Å². The van der Waals surface area contributed by atoms with Gasteiger partial charge in [-0.3, -0.25) is 0 Å². The van der Waals surface area contributed by atoms with Crippen molar-refractivity contribution >= 4 is 38.8 Å². The summed E-state index contributed by atoms with van der Waals surface area (Å²) in [7, 11) is -3.72. The lowest BCUT2D eigenvalue weighted by molar-refractivity contribution is 0.0173. The lowest BCUT2D eigenvalue weighted by atomic mass is 10.1. The molecule has 0 radical (unpaired) electrons. The summed E-state index contributed by atoms with van der Waals surface area (Å²) in [6.07, 6.45) is 1.30. The summed E-state index contributed by atoms with van der Waals surface area (Å²) in [6, 6.07) is 4.32. The van der Waals surface area contributed by atoms with Crippen molar-refractivity contribution in [1.29, 1.82) is 0 Å². The number of hydrogen-bond donors (Lipinski definition) is 2. The van der Waals surface area contributed by atoms with Gasteiger partial charge in [-0.2, -0.15) is 0 Å². The summed E-state index contributed by atoms with van der Waals surface area (Å²) < 4.78 is 33.0. The van der Waals surface area contributed by atoms with Crippen molar-refractivity contribution in [3.05, 3.63) is 28.8 Å². The fraction of sp³-hybridized carbons (Fsp3) is 0.462. The van der Waals surface area contributed by atoms with Crippen LogP contribution in [0.25, 0.3) is 0 Å². The molecular formula is C13H17ClN2O3S2. The fourth-order valence-corrected chi connectivity index (χ4v) is 4.19. The Morgan fingerprint density at radius 3 is 2.86 bits per heavy atom. The van der Waals surface area contributed by atoms with Crippen LogP contribution in [0.2, 0.25) is 5.02 Å². The summed E-state index contributed by atoms with van der Waals surface area (Å²) in [5.74, 6) is 0. The van der Waals surface area contributed by atoms with E-state index in [1.807, 2.05) is 6.92 Å². The molecule has 1 aliphatic heterocycles. The van der Waals surface area contributed by atoms with Crippen molar-refractivity contribution in [1.82, 2.24) is 4.72 Å². The molecule has 0 bridgehead atoms. The van der Waals surface area contributed by atoms with E-state index in [4.69, 9.17) is 34.3 Å². The molecule has 5 nitrogen and oxygen atoms in total. The van der Waals surface area contributed by atoms with E-state index in [-0.39, 0.29) is 27.1 Å². The number of ether oxygens (including phenoxy) is 1. The molecule has 0 amide bonds. The number of nitrogens with two attached hydrogens (primary N) is 1. The number of hydrogen-bond acceptors (Lipinski definition) is 4. The van der Waals surface area contributed by atoms with Gasteiger partial charge >= 0.3 is 0 Å². The third-order valence-electron chi connectivity index (χ3n) is 3.31. The third kappa shape index (κ3) is 4.14. The molecule has 1 heterocycles. The number of sulfonamides is 1. The Kier molecular flexibility index (Phi) is 5.21. The van der Waals surface area contributed by atoms with Gasteiger partial charge in [0.2, 0.25) is 10.0 Å². The monoisotopic (exact) mass is 348 g/mol. The second-order valence-corrected chi connectivity index (χ2v) is 7.56. The van der Waals surface area contributed by atoms with Crippen molar-refractivity contribution in [3.8, 4) is 0 Å². The number of rotatable bonds is 4. The Hall–Kier alpha value is -0.730. The van der Waals surface area contributed by atoms with E-state index >= 15 is 0 Å². The lowest BCUT2D eigenvalue weighted by Crippen LogP contribution is -2.41. The zero-order valence-electron chi connectivity index (χ0n) is 11.5. The zero-order chi connectivity index (χ0) is 15.6. The lowest BCUT2D eigenvalue weighted by Gasteiger charge is -2.27. The zero-order valence-corrected chi connectivity index (χ0v) is 13.9. The van der Waals surface area contributed by atoms with E-state index in [2.05, 4.69) is 4.72 Å². The number of thiocarbonyl (C=S) groups is 1. The van der Waals surface area contributed by atoms with Crippen LogP contribution in [0.3, 0.4) is 0 Å². The minimum absolute atomic E-state index is 0.00592. The fourth-order valence-electron chi connectivity index (χ4n) is 2.25. The molecule has 2 atom stereocenters. The minimum Gasteiger partial charge on any atom is -0.389 e. The van der Waals surface area contributed by atoms with Gasteiger partial charge in [0.1, 0.15) is 9.88 Å². The van der Waals surface area contributed by atoms with E-state index in [1.165, 1.54) is 12.1 Å². The largest absolute Gasteiger partial charge is 0.389 e. The van der Waals surface area contributed by atoms with Gasteiger partial charge < -0.3 is 10.5 Å². The predicted molar refractivity (Wildman–Crippen MR) is 86.1 cm³/mol. The summed E-state index contributed by atoms with van der Waals surface area (Å²) in [5, 5.41) is 0.141. The molecule has 21 heavy (non-hydrogen) atoms. The van der Waals surface area contributed by atoms with Crippen LogP contribution in [0.15, 0.2) is 23.1 Å². The minimum atomic E-state index is -3.72. The average Bonchev–Trinajstić information content (AvgIpc) is 2.38. The van der Waals surface area contributed by atoms with Crippen LogP contribution >= 0.6 is 23.8 Å². The van der Waals surface area contributed by atoms with Crippen molar-refractivity contribution in [2.24, 2.45) is 5.73 Å². The van der Waals surface area contributed by atoms with Gasteiger partial charge in [-0.25, -0.2) is 13.1 Å². The van der Waals surface area contributed by atoms with Gasteiger partial charge in [0.05, 0.1) is 11.1 Å². The Morgan fingerprint density at radius 1 is 1.52 bits per heavy atom. The normalized spacial score (nSPS) is 23.0. The maximum atomic E-state index is 12.5. The second kappa shape index (κ2) is 6.58. The molecule has 0 saturated carbocycles. The first-order chi connectivity index (χ1) is 9.79. The highest BCUT2D eigenvalue weighted by Crippen LogP contribution is 2.24. The van der Waals surface area contributed by atoms with E-state index in [1.54, 1.807) is 6.07 Å². The molecule has 8 heteroatoms. The van der Waals surface area contributed by atoms with Crippen LogP contribution in [0.4, 0.5) is 0 Å². The summed E-state index contributed by atoms with van der Waals surface area (Å²) >= 11 is 10.9. The standard InChI is InChI=1S/C13H17ClN2O3S2/c1-8-6-10(4-5-19-8)16-21(17,18)12-7-9(13(15)20)2-3-11(12)14/h2-3,7-8,10,16H,4-6H2,1H3,(H2,15,20). The first-order valence-corrected chi connectivity index (χ1v) is 8.80. The first kappa shape index (κ1) is 16.6. The van der Waals surface area contributed by atoms with Crippen molar-refractivity contribution in [3.63, 3.8) is 0 Å². The van der Waals surface area contributed by atoms with Crippen molar-refractivity contribution in [2.75, 3.05) is 6.61 Å². The predicted octanol–water partition coefficient (Wildman–Crippen LogP) is 1.82. The molecule has 1 aromatic rings. The van der Waals surface area contributed by atoms with Gasteiger partial charge in [-0.15, -0.1) is 0 Å². The van der Waals surface area contributed by atoms with Crippen LogP contribution in [0.1, 0.15) is 25.3 Å². The summed E-state index contributed by atoms with van der Waals surface area (Å²) in [6.45, 7) is 2.45. The molecule has 1 fully saturated rings. The Morgan fingerprint density at radius 2 is 2.24 bits per heavy atom. The van der Waals surface area contributed by atoms with E-state index < -0.39 is 10.0 Å². The first-order valence-electron chi connectivity index (χ1n) is 6.53. The molecule has 1 saturated heterocycles. The van der Waals surface area contributed by atoms with Gasteiger partial charge in [0.25, 0.3) is 0 Å². The van der Waals surface area contributed by atoms with Gasteiger partial charge in [-0.05, 0) is 31.9 Å². The highest BCUT2D eigenvalue weighted by Gasteiger charge is 2.26. The molecular weight excluding hydrogens is 332 g/mol. The number of halogens is 1. The highest BCUT2D eigenvalue weighted by atomic mass is 35.5. The molecule has 0 aromatic heterocycles. The topological polar surface area (TPSA) is 81.4 Å². The van der Waals surface area contributed by atoms with E-state index in [0.717, 1.165) is 0 Å². The Bertz CT molecular complexity index is 649. The SMILES string of the molecule is CC1CC(NS(=O)(=O)c2cc(C(N)=S)ccc2Cl)CCO1. The molecule has 0 spiro atoms. The van der Waals surface area contributed by atoms with Crippen LogP contribution in [-0.4, -0.2) is 32.2 Å². The molecule has 116 valence electrons. The van der Waals surface area contributed by atoms with Gasteiger partial charge in [-0.1, -0.05) is 29.9 Å². The van der Waals surface area contributed by atoms with Crippen LogP contribution in [0, 0.1) is 0 Å². The second-order valence-electron chi connectivity index (χ2n) is 5.03. The Labute approximate surface area is 134 Å². The molecule has 0 aliphatic carbocycles. The maximum Gasteiger partial charge on any atom is 0.242 e. The Balaban J connectivity index is 2.26. The van der Waals surface area contributed by atoms with Crippen LogP contribution in [-0.2, 0) is 14.8 Å². The molecule has 2 unspecified atom stereocenters. The van der Waals surface area contributed by atoms with E-state index in [0.29, 0.717) is 25.0 Å². The quantitative estimate of drug-likeness (QED) is 0.811. The summed E-state index contributed by atoms with van der Waals surface area (Å²) in [4.78, 5) is 0.122. The molecule has 1 aromatic carbocycles. The molecule has 1 aliphatic rings. The van der Waals surface area contributed by atoms with E-state index in [9.17, 15) is 8.42 Å².